The van der Waals surface area contributed by atoms with Crippen LogP contribution in [0.3, 0.4) is 0 Å². The van der Waals surface area contributed by atoms with E-state index in [1.807, 2.05) is 23.9 Å². The minimum absolute atomic E-state index is 0.332. The highest BCUT2D eigenvalue weighted by atomic mass is 16.5. The van der Waals surface area contributed by atoms with Crippen LogP contribution in [0.1, 0.15) is 18.5 Å². The smallest absolute Gasteiger partial charge is 0.224 e. The second-order valence-corrected chi connectivity index (χ2v) is 5.12. The highest BCUT2D eigenvalue weighted by Gasteiger charge is 2.14. The molecule has 1 aliphatic rings. The van der Waals surface area contributed by atoms with Crippen LogP contribution in [0.5, 0.6) is 0 Å². The van der Waals surface area contributed by atoms with Gasteiger partial charge in [0.05, 0.1) is 24.9 Å². The zero-order valence-electron chi connectivity index (χ0n) is 12.1. The van der Waals surface area contributed by atoms with Gasteiger partial charge in [-0.3, -0.25) is 4.68 Å². The monoisotopic (exact) mass is 288 g/mol. The Morgan fingerprint density at radius 2 is 2.33 bits per heavy atom. The molecule has 1 fully saturated rings. The lowest BCUT2D eigenvalue weighted by atomic mass is 10.1. The topological polar surface area (TPSA) is 76.9 Å². The molecule has 1 atom stereocenters. The Morgan fingerprint density at radius 1 is 1.38 bits per heavy atom. The van der Waals surface area contributed by atoms with Crippen molar-refractivity contribution >= 4 is 11.8 Å². The predicted molar refractivity (Wildman–Crippen MR) is 80.0 cm³/mol. The van der Waals surface area contributed by atoms with Gasteiger partial charge in [0.15, 0.2) is 0 Å². The summed E-state index contributed by atoms with van der Waals surface area (Å²) in [5.74, 6) is 1.44. The van der Waals surface area contributed by atoms with E-state index in [4.69, 9.17) is 4.74 Å². The van der Waals surface area contributed by atoms with Gasteiger partial charge >= 0.3 is 0 Å². The zero-order valence-corrected chi connectivity index (χ0v) is 12.1. The van der Waals surface area contributed by atoms with Crippen LogP contribution in [0.15, 0.2) is 24.5 Å². The summed E-state index contributed by atoms with van der Waals surface area (Å²) in [6.07, 6.45) is 5.74. The van der Waals surface area contributed by atoms with Crippen molar-refractivity contribution in [3.8, 4) is 0 Å². The quantitative estimate of drug-likeness (QED) is 0.866. The third-order valence-electron chi connectivity index (χ3n) is 3.52. The number of aromatic nitrogens is 4. The summed E-state index contributed by atoms with van der Waals surface area (Å²) in [5, 5.41) is 10.7. The molecular formula is C14H20N6O. The Balaban J connectivity index is 1.58. The molecule has 21 heavy (non-hydrogen) atoms. The molecule has 2 aromatic rings. The summed E-state index contributed by atoms with van der Waals surface area (Å²) >= 11 is 0. The third kappa shape index (κ3) is 3.69. The lowest BCUT2D eigenvalue weighted by molar-refractivity contribution is 0.0875. The Labute approximate surface area is 123 Å². The molecule has 1 saturated heterocycles. The van der Waals surface area contributed by atoms with Gasteiger partial charge in [-0.2, -0.15) is 10.1 Å². The Morgan fingerprint density at radius 3 is 3.10 bits per heavy atom. The Hall–Kier alpha value is -2.15. The molecule has 0 aliphatic carbocycles. The summed E-state index contributed by atoms with van der Waals surface area (Å²) in [6, 6.07) is 4.18. The van der Waals surface area contributed by atoms with E-state index in [1.54, 1.807) is 12.4 Å². The molecule has 0 saturated carbocycles. The van der Waals surface area contributed by atoms with Crippen molar-refractivity contribution in [2.75, 3.05) is 23.8 Å². The number of rotatable bonds is 5. The van der Waals surface area contributed by atoms with E-state index in [1.165, 1.54) is 0 Å². The van der Waals surface area contributed by atoms with Crippen molar-refractivity contribution < 1.29 is 4.74 Å². The van der Waals surface area contributed by atoms with Gasteiger partial charge in [-0.05, 0) is 25.0 Å². The first-order valence-electron chi connectivity index (χ1n) is 7.19. The maximum Gasteiger partial charge on any atom is 0.224 e. The summed E-state index contributed by atoms with van der Waals surface area (Å²) in [7, 11) is 1.92. The number of hydrogen-bond donors (Lipinski definition) is 2. The van der Waals surface area contributed by atoms with Crippen LogP contribution in [0.25, 0.3) is 0 Å². The van der Waals surface area contributed by atoms with Crippen molar-refractivity contribution in [1.82, 2.24) is 19.7 Å². The molecular weight excluding hydrogens is 268 g/mol. The van der Waals surface area contributed by atoms with Crippen LogP contribution in [0, 0.1) is 0 Å². The van der Waals surface area contributed by atoms with Gasteiger partial charge in [0.25, 0.3) is 0 Å². The van der Waals surface area contributed by atoms with Gasteiger partial charge in [0.2, 0.25) is 5.95 Å². The lowest BCUT2D eigenvalue weighted by Gasteiger charge is -2.23. The molecule has 3 heterocycles. The maximum absolute atomic E-state index is 5.46. The largest absolute Gasteiger partial charge is 0.379 e. The van der Waals surface area contributed by atoms with E-state index in [-0.39, 0.29) is 0 Å². The highest BCUT2D eigenvalue weighted by molar-refractivity contribution is 5.40. The molecule has 0 radical (unpaired) electrons. The van der Waals surface area contributed by atoms with E-state index in [9.17, 15) is 0 Å². The molecule has 0 bridgehead atoms. The van der Waals surface area contributed by atoms with Gasteiger partial charge in [0.1, 0.15) is 5.82 Å². The van der Waals surface area contributed by atoms with Crippen LogP contribution >= 0.6 is 0 Å². The van der Waals surface area contributed by atoms with E-state index in [0.29, 0.717) is 18.5 Å². The average molecular weight is 288 g/mol. The van der Waals surface area contributed by atoms with Crippen LogP contribution in [0.2, 0.25) is 0 Å². The van der Waals surface area contributed by atoms with Crippen LogP contribution < -0.4 is 10.6 Å². The van der Waals surface area contributed by atoms with Crippen LogP contribution in [0.4, 0.5) is 11.8 Å². The standard InChI is InChI=1S/C14H20N6O/c1-20-12(4-7-17-20)9-16-14-15-6-5-13(19-14)18-11-3-2-8-21-10-11/h4-7,11H,2-3,8-10H2,1H3,(H2,15,16,18,19). The maximum atomic E-state index is 5.46. The Bertz CT molecular complexity index is 578. The molecule has 0 aromatic carbocycles. The second kappa shape index (κ2) is 6.53. The first-order chi connectivity index (χ1) is 10.3. The zero-order chi connectivity index (χ0) is 14.5. The Kier molecular flexibility index (Phi) is 4.30. The molecule has 1 unspecified atom stereocenters. The fraction of sp³-hybridized carbons (Fsp3) is 0.500. The molecule has 1 aliphatic heterocycles. The van der Waals surface area contributed by atoms with Crippen molar-refractivity contribution in [2.45, 2.75) is 25.4 Å². The van der Waals surface area contributed by atoms with Gasteiger partial charge in [-0.25, -0.2) is 4.98 Å². The molecule has 7 nitrogen and oxygen atoms in total. The molecule has 3 rings (SSSR count). The van der Waals surface area contributed by atoms with Crippen molar-refractivity contribution in [1.29, 1.82) is 0 Å². The summed E-state index contributed by atoms with van der Waals surface area (Å²) in [4.78, 5) is 8.72. The molecule has 112 valence electrons. The minimum atomic E-state index is 0.332. The molecule has 7 heteroatoms. The van der Waals surface area contributed by atoms with Crippen molar-refractivity contribution in [3.05, 3.63) is 30.2 Å². The first-order valence-corrected chi connectivity index (χ1v) is 7.19. The minimum Gasteiger partial charge on any atom is -0.379 e. The van der Waals surface area contributed by atoms with Gasteiger partial charge in [-0.1, -0.05) is 0 Å². The van der Waals surface area contributed by atoms with Crippen LogP contribution in [-0.2, 0) is 18.3 Å². The number of nitrogens with one attached hydrogen (secondary N) is 2. The third-order valence-corrected chi connectivity index (χ3v) is 3.52. The van der Waals surface area contributed by atoms with Crippen LogP contribution in [-0.4, -0.2) is 39.0 Å². The normalized spacial score (nSPS) is 18.4. The fourth-order valence-electron chi connectivity index (χ4n) is 2.33. The van der Waals surface area contributed by atoms with E-state index >= 15 is 0 Å². The number of ether oxygens (including phenoxy) is 1. The number of anilines is 2. The summed E-state index contributed by atoms with van der Waals surface area (Å²) in [5.41, 5.74) is 1.08. The second-order valence-electron chi connectivity index (χ2n) is 5.12. The van der Waals surface area contributed by atoms with Crippen molar-refractivity contribution in [3.63, 3.8) is 0 Å². The van der Waals surface area contributed by atoms with Gasteiger partial charge in [-0.15, -0.1) is 0 Å². The lowest BCUT2D eigenvalue weighted by Crippen LogP contribution is -2.30. The number of nitrogens with zero attached hydrogens (tertiary/aromatic N) is 4. The number of aryl methyl sites for hydroxylation is 1. The summed E-state index contributed by atoms with van der Waals surface area (Å²) in [6.45, 7) is 2.24. The average Bonchev–Trinajstić information content (AvgIpc) is 2.92. The van der Waals surface area contributed by atoms with E-state index < -0.39 is 0 Å². The molecule has 0 spiro atoms. The molecule has 2 aromatic heterocycles. The summed E-state index contributed by atoms with van der Waals surface area (Å²) < 4.78 is 7.29. The molecule has 0 amide bonds. The molecule has 2 N–H and O–H groups in total. The SMILES string of the molecule is Cn1nccc1CNc1nccc(NC2CCCOC2)n1. The van der Waals surface area contributed by atoms with Gasteiger partial charge in [0, 0.05) is 26.0 Å². The predicted octanol–water partition coefficient (Wildman–Crippen LogP) is 1.41. The van der Waals surface area contributed by atoms with E-state index in [2.05, 4.69) is 25.7 Å². The first kappa shape index (κ1) is 13.8. The van der Waals surface area contributed by atoms with Crippen molar-refractivity contribution in [2.24, 2.45) is 7.05 Å². The van der Waals surface area contributed by atoms with E-state index in [0.717, 1.165) is 37.6 Å². The highest BCUT2D eigenvalue weighted by Crippen LogP contribution is 2.13. The fourth-order valence-corrected chi connectivity index (χ4v) is 2.33. The number of hydrogen-bond acceptors (Lipinski definition) is 6. The van der Waals surface area contributed by atoms with Gasteiger partial charge < -0.3 is 15.4 Å².